The van der Waals surface area contributed by atoms with E-state index in [9.17, 15) is 9.59 Å². The fourth-order valence-corrected chi connectivity index (χ4v) is 4.30. The molecule has 6 nitrogen and oxygen atoms in total. The van der Waals surface area contributed by atoms with Gasteiger partial charge in [0.1, 0.15) is 0 Å². The zero-order valence-electron chi connectivity index (χ0n) is 16.7. The van der Waals surface area contributed by atoms with Gasteiger partial charge < -0.3 is 14.6 Å². The van der Waals surface area contributed by atoms with Crippen molar-refractivity contribution in [3.63, 3.8) is 0 Å². The molecule has 150 valence electrons. The lowest BCUT2D eigenvalue weighted by Gasteiger charge is -2.40. The molecule has 1 saturated carbocycles. The van der Waals surface area contributed by atoms with Crippen LogP contribution in [0.25, 0.3) is 0 Å². The molecule has 0 aromatic carbocycles. The minimum absolute atomic E-state index is 0.0551. The maximum absolute atomic E-state index is 13.0. The van der Waals surface area contributed by atoms with Crippen molar-refractivity contribution in [1.29, 1.82) is 0 Å². The molecule has 1 saturated heterocycles. The zero-order valence-corrected chi connectivity index (χ0v) is 16.7. The van der Waals surface area contributed by atoms with E-state index in [1.54, 1.807) is 12.1 Å². The molecule has 3 rings (SSSR count). The second kappa shape index (κ2) is 9.40. The average Bonchev–Trinajstić information content (AvgIpc) is 3.36. The molecular weight excluding hydrogens is 342 g/mol. The molecule has 6 heteroatoms. The number of piperazine rings is 1. The first kappa shape index (κ1) is 19.9. The molecule has 0 spiro atoms. The van der Waals surface area contributed by atoms with Crippen LogP contribution in [0.5, 0.6) is 0 Å². The molecule has 0 radical (unpaired) electrons. The maximum Gasteiger partial charge on any atom is 0.289 e. The third kappa shape index (κ3) is 5.12. The Morgan fingerprint density at radius 1 is 1.19 bits per heavy atom. The number of nitrogens with zero attached hydrogens (tertiary/aromatic N) is 2. The van der Waals surface area contributed by atoms with Gasteiger partial charge in [-0.2, -0.15) is 0 Å². The second-order valence-corrected chi connectivity index (χ2v) is 8.27. The van der Waals surface area contributed by atoms with E-state index in [1.165, 1.54) is 19.1 Å². The van der Waals surface area contributed by atoms with Crippen molar-refractivity contribution in [2.75, 3.05) is 32.7 Å². The van der Waals surface area contributed by atoms with Crippen LogP contribution in [0.3, 0.4) is 0 Å². The number of carbonyl (C=O) groups is 2. The summed E-state index contributed by atoms with van der Waals surface area (Å²) < 4.78 is 5.24. The van der Waals surface area contributed by atoms with Crippen LogP contribution >= 0.6 is 0 Å². The standard InChI is InChI=1S/C21H33N3O3/c1-16(2)9-10-22-20(25)19(17-6-3-4-7-17)23-11-13-24(14-12-23)21(26)18-8-5-15-27-18/h5,8,15-17,19H,3-4,6-7,9-14H2,1-2H3,(H,22,25)/t19-/m0/s1. The van der Waals surface area contributed by atoms with Gasteiger partial charge in [0.2, 0.25) is 5.91 Å². The van der Waals surface area contributed by atoms with Crippen LogP contribution < -0.4 is 5.32 Å². The van der Waals surface area contributed by atoms with E-state index in [0.29, 0.717) is 30.7 Å². The quantitative estimate of drug-likeness (QED) is 0.796. The highest BCUT2D eigenvalue weighted by Gasteiger charge is 2.37. The van der Waals surface area contributed by atoms with Crippen LogP contribution in [-0.4, -0.2) is 60.4 Å². The third-order valence-electron chi connectivity index (χ3n) is 5.86. The van der Waals surface area contributed by atoms with Gasteiger partial charge in [-0.15, -0.1) is 0 Å². The van der Waals surface area contributed by atoms with Crippen LogP contribution in [0.1, 0.15) is 56.5 Å². The first-order valence-corrected chi connectivity index (χ1v) is 10.4. The molecule has 1 aromatic rings. The molecule has 1 aromatic heterocycles. The molecule has 1 aliphatic carbocycles. The van der Waals surface area contributed by atoms with Crippen molar-refractivity contribution in [2.24, 2.45) is 11.8 Å². The summed E-state index contributed by atoms with van der Waals surface area (Å²) in [4.78, 5) is 29.6. The Kier molecular flexibility index (Phi) is 6.94. The highest BCUT2D eigenvalue weighted by atomic mass is 16.3. The van der Waals surface area contributed by atoms with Gasteiger partial charge >= 0.3 is 0 Å². The fourth-order valence-electron chi connectivity index (χ4n) is 4.30. The van der Waals surface area contributed by atoms with Gasteiger partial charge in [0.25, 0.3) is 5.91 Å². The summed E-state index contributed by atoms with van der Waals surface area (Å²) in [6, 6.07) is 3.39. The number of nitrogens with one attached hydrogen (secondary N) is 1. The number of furan rings is 1. The molecule has 1 atom stereocenters. The van der Waals surface area contributed by atoms with E-state index in [4.69, 9.17) is 4.42 Å². The van der Waals surface area contributed by atoms with E-state index in [0.717, 1.165) is 38.9 Å². The summed E-state index contributed by atoms with van der Waals surface area (Å²) in [5.74, 6) is 1.54. The number of hydrogen-bond acceptors (Lipinski definition) is 4. The predicted octanol–water partition coefficient (Wildman–Crippen LogP) is 2.76. The highest BCUT2D eigenvalue weighted by molar-refractivity contribution is 5.91. The van der Waals surface area contributed by atoms with E-state index in [2.05, 4.69) is 24.1 Å². The molecule has 2 fully saturated rings. The Balaban J connectivity index is 1.58. The van der Waals surface area contributed by atoms with Crippen LogP contribution in [0.2, 0.25) is 0 Å². The lowest BCUT2D eigenvalue weighted by atomic mass is 9.94. The molecule has 2 heterocycles. The minimum Gasteiger partial charge on any atom is -0.459 e. The average molecular weight is 376 g/mol. The summed E-state index contributed by atoms with van der Waals surface area (Å²) in [6.45, 7) is 7.86. The van der Waals surface area contributed by atoms with Crippen LogP contribution in [0.15, 0.2) is 22.8 Å². The van der Waals surface area contributed by atoms with Crippen LogP contribution in [0.4, 0.5) is 0 Å². The molecule has 1 N–H and O–H groups in total. The lowest BCUT2D eigenvalue weighted by Crippen LogP contribution is -2.58. The highest BCUT2D eigenvalue weighted by Crippen LogP contribution is 2.31. The van der Waals surface area contributed by atoms with Gasteiger partial charge in [-0.05, 0) is 43.2 Å². The van der Waals surface area contributed by atoms with E-state index in [1.807, 2.05) is 4.90 Å². The number of amides is 2. The van der Waals surface area contributed by atoms with Crippen molar-refractivity contribution in [1.82, 2.24) is 15.1 Å². The Morgan fingerprint density at radius 3 is 2.48 bits per heavy atom. The van der Waals surface area contributed by atoms with Gasteiger partial charge in [-0.3, -0.25) is 14.5 Å². The molecule has 0 bridgehead atoms. The predicted molar refractivity (Wildman–Crippen MR) is 104 cm³/mol. The van der Waals surface area contributed by atoms with E-state index >= 15 is 0 Å². The SMILES string of the molecule is CC(C)CCNC(=O)[C@H](C1CCCC1)N1CCN(C(=O)c2ccco2)CC1. The fraction of sp³-hybridized carbons (Fsp3) is 0.714. The topological polar surface area (TPSA) is 65.8 Å². The van der Waals surface area contributed by atoms with Crippen molar-refractivity contribution >= 4 is 11.8 Å². The first-order chi connectivity index (χ1) is 13.1. The third-order valence-corrected chi connectivity index (χ3v) is 5.86. The Bertz CT molecular complexity index is 600. The number of rotatable bonds is 7. The zero-order chi connectivity index (χ0) is 19.2. The molecule has 1 aliphatic heterocycles. The van der Waals surface area contributed by atoms with Crippen molar-refractivity contribution in [2.45, 2.75) is 52.0 Å². The van der Waals surface area contributed by atoms with Gasteiger partial charge in [-0.1, -0.05) is 26.7 Å². The molecular formula is C21H33N3O3. The minimum atomic E-state index is -0.0570. The largest absolute Gasteiger partial charge is 0.459 e. The van der Waals surface area contributed by atoms with Crippen molar-refractivity contribution in [3.05, 3.63) is 24.2 Å². The Labute approximate surface area is 162 Å². The van der Waals surface area contributed by atoms with Gasteiger partial charge in [0.05, 0.1) is 12.3 Å². The summed E-state index contributed by atoms with van der Waals surface area (Å²) in [5.41, 5.74) is 0. The summed E-state index contributed by atoms with van der Waals surface area (Å²) in [6.07, 6.45) is 7.24. The van der Waals surface area contributed by atoms with Gasteiger partial charge in [-0.25, -0.2) is 0 Å². The summed E-state index contributed by atoms with van der Waals surface area (Å²) in [5, 5.41) is 3.17. The molecule has 2 amide bonds. The van der Waals surface area contributed by atoms with Gasteiger partial charge in [0, 0.05) is 32.7 Å². The van der Waals surface area contributed by atoms with Crippen LogP contribution in [-0.2, 0) is 4.79 Å². The second-order valence-electron chi connectivity index (χ2n) is 8.27. The molecule has 2 aliphatic rings. The van der Waals surface area contributed by atoms with Crippen molar-refractivity contribution < 1.29 is 14.0 Å². The first-order valence-electron chi connectivity index (χ1n) is 10.4. The molecule has 0 unspecified atom stereocenters. The maximum atomic E-state index is 13.0. The number of carbonyl (C=O) groups excluding carboxylic acids is 2. The van der Waals surface area contributed by atoms with Crippen molar-refractivity contribution in [3.8, 4) is 0 Å². The smallest absolute Gasteiger partial charge is 0.289 e. The van der Waals surface area contributed by atoms with E-state index in [-0.39, 0.29) is 17.9 Å². The summed E-state index contributed by atoms with van der Waals surface area (Å²) in [7, 11) is 0. The Hall–Kier alpha value is -1.82. The van der Waals surface area contributed by atoms with Gasteiger partial charge in [0.15, 0.2) is 5.76 Å². The normalized spacial score (nSPS) is 20.2. The monoisotopic (exact) mass is 375 g/mol. The van der Waals surface area contributed by atoms with Crippen LogP contribution in [0, 0.1) is 11.8 Å². The number of hydrogen-bond donors (Lipinski definition) is 1. The lowest BCUT2D eigenvalue weighted by molar-refractivity contribution is -0.129. The Morgan fingerprint density at radius 2 is 1.89 bits per heavy atom. The van der Waals surface area contributed by atoms with E-state index < -0.39 is 0 Å². The summed E-state index contributed by atoms with van der Waals surface area (Å²) >= 11 is 0. The molecule has 27 heavy (non-hydrogen) atoms.